The summed E-state index contributed by atoms with van der Waals surface area (Å²) in [5.41, 5.74) is 1.06. The summed E-state index contributed by atoms with van der Waals surface area (Å²) in [6, 6.07) is 11.9. The fourth-order valence-electron chi connectivity index (χ4n) is 2.01. The molecule has 1 N–H and O–H groups in total. The minimum Gasteiger partial charge on any atom is -0.481 e. The van der Waals surface area contributed by atoms with Gasteiger partial charge in [0, 0.05) is 9.35 Å². The van der Waals surface area contributed by atoms with E-state index in [0.29, 0.717) is 12.8 Å². The van der Waals surface area contributed by atoms with Gasteiger partial charge in [-0.3, -0.25) is 4.79 Å². The first-order valence-electron chi connectivity index (χ1n) is 6.15. The molecule has 4 heteroatoms. The molecule has 0 saturated carbocycles. The van der Waals surface area contributed by atoms with Crippen LogP contribution in [-0.2, 0) is 17.6 Å². The summed E-state index contributed by atoms with van der Waals surface area (Å²) in [7, 11) is 0. The van der Waals surface area contributed by atoms with Crippen molar-refractivity contribution in [2.75, 3.05) is 0 Å². The van der Waals surface area contributed by atoms with Crippen LogP contribution in [-0.4, -0.2) is 11.1 Å². The maximum absolute atomic E-state index is 11.4. The Morgan fingerprint density at radius 2 is 2.05 bits per heavy atom. The summed E-state index contributed by atoms with van der Waals surface area (Å²) in [5, 5.41) is 11.4. The van der Waals surface area contributed by atoms with Crippen LogP contribution in [0.2, 0.25) is 0 Å². The van der Waals surface area contributed by atoms with Crippen LogP contribution < -0.4 is 0 Å². The maximum Gasteiger partial charge on any atom is 0.306 e. The molecule has 1 heterocycles. The number of rotatable bonds is 6. The summed E-state index contributed by atoms with van der Waals surface area (Å²) in [5.74, 6) is -1.05. The highest BCUT2D eigenvalue weighted by molar-refractivity contribution is 9.10. The predicted molar refractivity (Wildman–Crippen MR) is 81.6 cm³/mol. The first-order chi connectivity index (χ1) is 9.16. The Balaban J connectivity index is 2.00. The molecule has 0 fully saturated rings. The fourth-order valence-corrected chi connectivity index (χ4v) is 3.18. The van der Waals surface area contributed by atoms with Crippen molar-refractivity contribution in [1.82, 2.24) is 0 Å². The number of carbonyl (C=O) groups is 1. The van der Waals surface area contributed by atoms with Crippen molar-refractivity contribution in [2.45, 2.75) is 19.3 Å². The second kappa shape index (κ2) is 6.87. The molecule has 0 amide bonds. The quantitative estimate of drug-likeness (QED) is 0.848. The lowest BCUT2D eigenvalue weighted by atomic mass is 9.94. The van der Waals surface area contributed by atoms with Crippen LogP contribution in [0.25, 0.3) is 0 Å². The standard InChI is InChI=1S/C15H15BrO2S/c16-14-6-2-1-4-11(14)10-12(15(17)18)7-8-13-5-3-9-19-13/h1-6,9,12H,7-8,10H2,(H,17,18). The van der Waals surface area contributed by atoms with Crippen LogP contribution in [0.5, 0.6) is 0 Å². The van der Waals surface area contributed by atoms with Crippen molar-refractivity contribution < 1.29 is 9.90 Å². The van der Waals surface area contributed by atoms with E-state index in [1.54, 1.807) is 11.3 Å². The van der Waals surface area contributed by atoms with Crippen LogP contribution in [0.4, 0.5) is 0 Å². The Kier molecular flexibility index (Phi) is 5.16. The van der Waals surface area contributed by atoms with Crippen LogP contribution >= 0.6 is 27.3 Å². The van der Waals surface area contributed by atoms with E-state index in [2.05, 4.69) is 22.0 Å². The zero-order valence-corrected chi connectivity index (χ0v) is 12.8. The van der Waals surface area contributed by atoms with Gasteiger partial charge in [-0.25, -0.2) is 0 Å². The van der Waals surface area contributed by atoms with Crippen molar-refractivity contribution in [1.29, 1.82) is 0 Å². The summed E-state index contributed by atoms with van der Waals surface area (Å²) in [4.78, 5) is 12.6. The molecular weight excluding hydrogens is 324 g/mol. The highest BCUT2D eigenvalue weighted by Crippen LogP contribution is 2.23. The van der Waals surface area contributed by atoms with Gasteiger partial charge in [0.15, 0.2) is 0 Å². The van der Waals surface area contributed by atoms with Crippen LogP contribution in [0.3, 0.4) is 0 Å². The molecule has 0 bridgehead atoms. The largest absolute Gasteiger partial charge is 0.481 e. The summed E-state index contributed by atoms with van der Waals surface area (Å²) in [6.07, 6.45) is 2.08. The van der Waals surface area contributed by atoms with E-state index in [0.717, 1.165) is 16.5 Å². The topological polar surface area (TPSA) is 37.3 Å². The Morgan fingerprint density at radius 3 is 2.68 bits per heavy atom. The molecule has 0 aliphatic carbocycles. The number of halogens is 1. The van der Waals surface area contributed by atoms with Gasteiger partial charge in [0.2, 0.25) is 0 Å². The molecule has 19 heavy (non-hydrogen) atoms. The van der Waals surface area contributed by atoms with Gasteiger partial charge in [0.25, 0.3) is 0 Å². The van der Waals surface area contributed by atoms with Crippen molar-refractivity contribution in [2.24, 2.45) is 5.92 Å². The minimum absolute atomic E-state index is 0.333. The zero-order chi connectivity index (χ0) is 13.7. The summed E-state index contributed by atoms with van der Waals surface area (Å²) < 4.78 is 0.984. The van der Waals surface area contributed by atoms with Gasteiger partial charge in [-0.05, 0) is 42.3 Å². The third kappa shape index (κ3) is 4.18. The number of hydrogen-bond acceptors (Lipinski definition) is 2. The molecule has 0 spiro atoms. The highest BCUT2D eigenvalue weighted by Gasteiger charge is 2.19. The summed E-state index contributed by atoms with van der Waals surface area (Å²) in [6.45, 7) is 0. The van der Waals surface area contributed by atoms with E-state index >= 15 is 0 Å². The SMILES string of the molecule is O=C(O)C(CCc1cccs1)Cc1ccccc1Br. The van der Waals surface area contributed by atoms with Gasteiger partial charge in [0.05, 0.1) is 5.92 Å². The molecular formula is C15H15BrO2S. The third-order valence-electron chi connectivity index (χ3n) is 3.09. The van der Waals surface area contributed by atoms with Gasteiger partial charge >= 0.3 is 5.97 Å². The van der Waals surface area contributed by atoms with Gasteiger partial charge < -0.3 is 5.11 Å². The molecule has 0 aliphatic rings. The van der Waals surface area contributed by atoms with Crippen molar-refractivity contribution >= 4 is 33.2 Å². The lowest BCUT2D eigenvalue weighted by Crippen LogP contribution is -2.17. The van der Waals surface area contributed by atoms with E-state index in [4.69, 9.17) is 0 Å². The molecule has 1 unspecified atom stereocenters. The third-order valence-corrected chi connectivity index (χ3v) is 4.80. The number of hydrogen-bond donors (Lipinski definition) is 1. The van der Waals surface area contributed by atoms with Crippen LogP contribution in [0, 0.1) is 5.92 Å². The number of carboxylic acid groups (broad SMARTS) is 1. The normalized spacial score (nSPS) is 12.3. The number of benzene rings is 1. The van der Waals surface area contributed by atoms with Crippen molar-refractivity contribution in [3.05, 3.63) is 56.7 Å². The van der Waals surface area contributed by atoms with Gasteiger partial charge in [-0.2, -0.15) is 0 Å². The molecule has 0 aliphatic heterocycles. The number of thiophene rings is 1. The number of carboxylic acids is 1. The van der Waals surface area contributed by atoms with E-state index in [-0.39, 0.29) is 5.92 Å². The Morgan fingerprint density at radius 1 is 1.26 bits per heavy atom. The lowest BCUT2D eigenvalue weighted by molar-refractivity contribution is -0.141. The van der Waals surface area contributed by atoms with Crippen molar-refractivity contribution in [3.63, 3.8) is 0 Å². The highest BCUT2D eigenvalue weighted by atomic mass is 79.9. The zero-order valence-electron chi connectivity index (χ0n) is 10.4. The van der Waals surface area contributed by atoms with Gasteiger partial charge in [-0.1, -0.05) is 40.2 Å². The van der Waals surface area contributed by atoms with E-state index < -0.39 is 5.97 Å². The van der Waals surface area contributed by atoms with Gasteiger partial charge in [0.1, 0.15) is 0 Å². The average Bonchev–Trinajstić information content (AvgIpc) is 2.89. The second-order valence-electron chi connectivity index (χ2n) is 4.45. The number of aliphatic carboxylic acids is 1. The molecule has 2 aromatic rings. The molecule has 1 aromatic heterocycles. The lowest BCUT2D eigenvalue weighted by Gasteiger charge is -2.13. The molecule has 0 radical (unpaired) electrons. The van der Waals surface area contributed by atoms with E-state index in [9.17, 15) is 9.90 Å². The Labute approximate surface area is 125 Å². The molecule has 0 saturated heterocycles. The minimum atomic E-state index is -0.715. The van der Waals surface area contributed by atoms with Crippen LogP contribution in [0.1, 0.15) is 16.9 Å². The average molecular weight is 339 g/mol. The Bertz CT molecular complexity index is 537. The number of aryl methyl sites for hydroxylation is 1. The monoisotopic (exact) mass is 338 g/mol. The second-order valence-corrected chi connectivity index (χ2v) is 6.34. The van der Waals surface area contributed by atoms with Crippen LogP contribution in [0.15, 0.2) is 46.3 Å². The fraction of sp³-hybridized carbons (Fsp3) is 0.267. The Hall–Kier alpha value is -1.13. The first-order valence-corrected chi connectivity index (χ1v) is 7.82. The first kappa shape index (κ1) is 14.3. The smallest absolute Gasteiger partial charge is 0.306 e. The van der Waals surface area contributed by atoms with Crippen molar-refractivity contribution in [3.8, 4) is 0 Å². The van der Waals surface area contributed by atoms with E-state index in [1.807, 2.05) is 35.7 Å². The molecule has 2 rings (SSSR count). The molecule has 1 aromatic carbocycles. The van der Waals surface area contributed by atoms with Gasteiger partial charge in [-0.15, -0.1) is 11.3 Å². The molecule has 100 valence electrons. The maximum atomic E-state index is 11.4. The van der Waals surface area contributed by atoms with E-state index in [1.165, 1.54) is 4.88 Å². The molecule has 2 nitrogen and oxygen atoms in total. The predicted octanol–water partition coefficient (Wildman–Crippen LogP) is 4.39. The molecule has 1 atom stereocenters. The summed E-state index contributed by atoms with van der Waals surface area (Å²) >= 11 is 5.16.